The smallest absolute Gasteiger partial charge is 0.110 e. The molecule has 0 amide bonds. The van der Waals surface area contributed by atoms with Crippen molar-refractivity contribution in [1.29, 1.82) is 0 Å². The van der Waals surface area contributed by atoms with E-state index in [0.717, 1.165) is 0 Å². The first kappa shape index (κ1) is 21.1. The van der Waals surface area contributed by atoms with Crippen LogP contribution in [0.4, 0.5) is 0 Å². The summed E-state index contributed by atoms with van der Waals surface area (Å²) in [7, 11) is -2.95. The van der Waals surface area contributed by atoms with Crippen LogP contribution in [0.25, 0.3) is 11.3 Å². The summed E-state index contributed by atoms with van der Waals surface area (Å²) in [5, 5.41) is 3.02. The van der Waals surface area contributed by atoms with Gasteiger partial charge >= 0.3 is 0 Å². The average Bonchev–Trinajstić information content (AvgIpc) is 2.72. The highest BCUT2D eigenvalue weighted by Gasteiger charge is 2.35. The Morgan fingerprint density at radius 3 is 1.58 bits per heavy atom. The fraction of sp³-hybridized carbons (Fsp3) is 0.522. The van der Waals surface area contributed by atoms with Crippen LogP contribution in [0.15, 0.2) is 42.5 Å². The number of rotatable bonds is 9. The van der Waals surface area contributed by atoms with Crippen LogP contribution < -0.4 is 10.5 Å². The van der Waals surface area contributed by atoms with E-state index in [1.54, 1.807) is 5.19 Å². The Kier molecular flexibility index (Phi) is 7.42. The molecule has 0 N–H and O–H groups in total. The summed E-state index contributed by atoms with van der Waals surface area (Å²) in [4.78, 5) is 5.43. The van der Waals surface area contributed by atoms with Crippen molar-refractivity contribution in [3.8, 4) is 11.3 Å². The van der Waals surface area contributed by atoms with Crippen molar-refractivity contribution in [2.75, 3.05) is 0 Å². The van der Waals surface area contributed by atoms with Crippen LogP contribution in [-0.4, -0.2) is 21.1 Å². The molecule has 1 nitrogen and oxygen atoms in total. The summed E-state index contributed by atoms with van der Waals surface area (Å²) in [6.45, 7) is 14.3. The fourth-order valence-electron chi connectivity index (χ4n) is 4.61. The lowest BCUT2D eigenvalue weighted by Gasteiger charge is -2.33. The number of hydrogen-bond donors (Lipinski definition) is 0. The predicted octanol–water partition coefficient (Wildman–Crippen LogP) is 6.18. The van der Waals surface area contributed by atoms with E-state index >= 15 is 0 Å². The predicted molar refractivity (Wildman–Crippen MR) is 123 cm³/mol. The van der Waals surface area contributed by atoms with Gasteiger partial charge in [-0.15, -0.1) is 0 Å². The van der Waals surface area contributed by atoms with Gasteiger partial charge in [-0.1, -0.05) is 114 Å². The molecule has 0 bridgehead atoms. The van der Waals surface area contributed by atoms with E-state index in [-0.39, 0.29) is 0 Å². The Bertz CT molecular complexity index is 672. The molecule has 1 aromatic carbocycles. The second-order valence-corrected chi connectivity index (χ2v) is 18.1. The Balaban J connectivity index is 2.75. The Morgan fingerprint density at radius 2 is 1.12 bits per heavy atom. The van der Waals surface area contributed by atoms with E-state index in [0.29, 0.717) is 0 Å². The van der Waals surface area contributed by atoms with Gasteiger partial charge in [0.1, 0.15) is 8.07 Å². The van der Waals surface area contributed by atoms with Gasteiger partial charge in [0.05, 0.1) is 13.8 Å². The third-order valence-corrected chi connectivity index (χ3v) is 18.2. The molecule has 2 rings (SSSR count). The van der Waals surface area contributed by atoms with Crippen molar-refractivity contribution >= 4 is 26.7 Å². The molecule has 0 spiro atoms. The summed E-state index contributed by atoms with van der Waals surface area (Å²) in [5.41, 5.74) is 2.61. The maximum absolute atomic E-state index is 5.43. The molecule has 0 atom stereocenters. The zero-order chi connectivity index (χ0) is 19.2. The van der Waals surface area contributed by atoms with Gasteiger partial charge in [0.2, 0.25) is 0 Å². The molecular formula is C23H37NSi2. The lowest BCUT2D eigenvalue weighted by atomic mass is 10.1. The first-order valence-electron chi connectivity index (χ1n) is 10.6. The van der Waals surface area contributed by atoms with Gasteiger partial charge < -0.3 is 0 Å². The first-order chi connectivity index (χ1) is 12.6. The minimum absolute atomic E-state index is 1.29. The number of pyridine rings is 1. The Labute approximate surface area is 163 Å². The minimum Gasteiger partial charge on any atom is -0.258 e. The highest BCUT2D eigenvalue weighted by Crippen LogP contribution is 2.27. The van der Waals surface area contributed by atoms with Gasteiger partial charge in [-0.25, -0.2) is 0 Å². The lowest BCUT2D eigenvalue weighted by molar-refractivity contribution is 1.17. The molecule has 0 saturated heterocycles. The summed E-state index contributed by atoms with van der Waals surface area (Å²) in [6, 6.07) is 23.6. The van der Waals surface area contributed by atoms with Crippen molar-refractivity contribution < 1.29 is 0 Å². The van der Waals surface area contributed by atoms with Gasteiger partial charge in [0, 0.05) is 5.32 Å². The second kappa shape index (κ2) is 9.14. The van der Waals surface area contributed by atoms with Gasteiger partial charge in [0.25, 0.3) is 0 Å². The molecule has 2 aromatic rings. The van der Waals surface area contributed by atoms with Crippen LogP contribution in [0, 0.1) is 0 Å². The van der Waals surface area contributed by atoms with E-state index in [2.05, 4.69) is 84.0 Å². The van der Waals surface area contributed by atoms with Crippen LogP contribution in [-0.2, 0) is 0 Å². The van der Waals surface area contributed by atoms with E-state index in [1.165, 1.54) is 52.8 Å². The Hall–Kier alpha value is -1.20. The van der Waals surface area contributed by atoms with Crippen LogP contribution in [0.1, 0.15) is 41.5 Å². The minimum atomic E-state index is -1.48. The SMILES string of the molecule is CC[Si](CC)(CC)c1ccc([Si](CC)(CC)CC)c(-c2ccccc2)n1. The van der Waals surface area contributed by atoms with Crippen molar-refractivity contribution in [1.82, 2.24) is 4.98 Å². The quantitative estimate of drug-likeness (QED) is 0.471. The van der Waals surface area contributed by atoms with Gasteiger partial charge in [-0.2, -0.15) is 0 Å². The monoisotopic (exact) mass is 383 g/mol. The molecule has 0 unspecified atom stereocenters. The van der Waals surface area contributed by atoms with Gasteiger partial charge in [-0.3, -0.25) is 4.98 Å². The molecule has 0 saturated carbocycles. The second-order valence-electron chi connectivity index (χ2n) is 7.64. The molecule has 0 aliphatic heterocycles. The molecule has 0 aliphatic rings. The highest BCUT2D eigenvalue weighted by molar-refractivity contribution is 6.93. The summed E-state index contributed by atoms with van der Waals surface area (Å²) < 4.78 is 0. The third-order valence-electron chi connectivity index (χ3n) is 7.12. The van der Waals surface area contributed by atoms with E-state index in [9.17, 15) is 0 Å². The van der Waals surface area contributed by atoms with Crippen molar-refractivity contribution in [2.24, 2.45) is 0 Å². The molecular weight excluding hydrogens is 346 g/mol. The largest absolute Gasteiger partial charge is 0.258 e. The average molecular weight is 384 g/mol. The normalized spacial score (nSPS) is 12.4. The van der Waals surface area contributed by atoms with Crippen LogP contribution in [0.2, 0.25) is 36.3 Å². The van der Waals surface area contributed by atoms with E-state index in [4.69, 9.17) is 4.98 Å². The maximum Gasteiger partial charge on any atom is 0.110 e. The molecule has 0 fully saturated rings. The molecule has 3 heteroatoms. The molecule has 1 aromatic heterocycles. The molecule has 0 aliphatic carbocycles. The number of nitrogens with zero attached hydrogens (tertiary/aromatic N) is 1. The summed E-state index contributed by atoms with van der Waals surface area (Å²) in [5.74, 6) is 0. The summed E-state index contributed by atoms with van der Waals surface area (Å²) in [6.07, 6.45) is 0. The Morgan fingerprint density at radius 1 is 0.615 bits per heavy atom. The molecule has 1 heterocycles. The third kappa shape index (κ3) is 3.74. The standard InChI is InChI=1S/C23H37NSi2/c1-7-25(8-2,9-3)21-18-19-22(26(10-4,11-5)12-6)24-23(21)20-16-14-13-15-17-20/h13-19H,7-12H2,1-6H3. The van der Waals surface area contributed by atoms with E-state index < -0.39 is 16.1 Å². The van der Waals surface area contributed by atoms with Crippen LogP contribution >= 0.6 is 0 Å². The molecule has 0 radical (unpaired) electrons. The molecule has 26 heavy (non-hydrogen) atoms. The highest BCUT2D eigenvalue weighted by atomic mass is 28.3. The number of benzene rings is 1. The number of aromatic nitrogens is 1. The topological polar surface area (TPSA) is 12.9 Å². The van der Waals surface area contributed by atoms with E-state index in [1.807, 2.05) is 0 Å². The first-order valence-corrected chi connectivity index (χ1v) is 15.9. The summed E-state index contributed by atoms with van der Waals surface area (Å²) >= 11 is 0. The van der Waals surface area contributed by atoms with Crippen molar-refractivity contribution in [3.63, 3.8) is 0 Å². The molecule has 142 valence electrons. The van der Waals surface area contributed by atoms with Crippen molar-refractivity contribution in [2.45, 2.75) is 77.8 Å². The maximum atomic E-state index is 5.43. The lowest BCUT2D eigenvalue weighted by Crippen LogP contribution is -2.52. The fourth-order valence-corrected chi connectivity index (χ4v) is 11.8. The van der Waals surface area contributed by atoms with Crippen LogP contribution in [0.5, 0.6) is 0 Å². The number of hydrogen-bond acceptors (Lipinski definition) is 1. The van der Waals surface area contributed by atoms with Gasteiger partial charge in [0.15, 0.2) is 0 Å². The zero-order valence-electron chi connectivity index (χ0n) is 17.7. The van der Waals surface area contributed by atoms with Crippen molar-refractivity contribution in [3.05, 3.63) is 42.5 Å². The van der Waals surface area contributed by atoms with Crippen LogP contribution in [0.3, 0.4) is 0 Å². The van der Waals surface area contributed by atoms with Gasteiger partial charge in [-0.05, 0) is 16.8 Å². The zero-order valence-corrected chi connectivity index (χ0v) is 19.7.